The zero-order valence-electron chi connectivity index (χ0n) is 9.48. The Hall–Kier alpha value is -1.25. The van der Waals surface area contributed by atoms with Gasteiger partial charge in [-0.15, -0.1) is 0 Å². The van der Waals surface area contributed by atoms with Crippen LogP contribution in [0.3, 0.4) is 0 Å². The number of fused-ring (bicyclic) bond motifs is 1. The number of benzene rings is 1. The zero-order chi connectivity index (χ0) is 13.3. The largest absolute Gasteiger partial charge is 0.311 e. The van der Waals surface area contributed by atoms with Crippen LogP contribution in [0.2, 0.25) is 0 Å². The van der Waals surface area contributed by atoms with Gasteiger partial charge in [0, 0.05) is 6.42 Å². The SMILES string of the molecule is CS(=O)(=O)O[C@H]1Cc2ccccc2[C@H]1N=S(=O)=O. The van der Waals surface area contributed by atoms with E-state index in [-0.39, 0.29) is 0 Å². The summed E-state index contributed by atoms with van der Waals surface area (Å²) in [5.74, 6) is 0. The van der Waals surface area contributed by atoms with Crippen LogP contribution in [0, 0.1) is 0 Å². The lowest BCUT2D eigenvalue weighted by Gasteiger charge is -2.13. The van der Waals surface area contributed by atoms with Gasteiger partial charge in [0.1, 0.15) is 12.1 Å². The first kappa shape index (κ1) is 13.2. The molecule has 0 heterocycles. The number of hydrogen-bond donors (Lipinski definition) is 0. The van der Waals surface area contributed by atoms with Gasteiger partial charge in [-0.25, -0.2) is 0 Å². The van der Waals surface area contributed by atoms with Crippen molar-refractivity contribution in [2.45, 2.75) is 18.6 Å². The van der Waals surface area contributed by atoms with E-state index >= 15 is 0 Å². The van der Waals surface area contributed by atoms with Crippen molar-refractivity contribution in [3.05, 3.63) is 35.4 Å². The zero-order valence-corrected chi connectivity index (χ0v) is 11.1. The Morgan fingerprint density at radius 1 is 1.33 bits per heavy atom. The summed E-state index contributed by atoms with van der Waals surface area (Å²) in [5.41, 5.74) is 1.54. The topological polar surface area (TPSA) is 89.9 Å². The Bertz CT molecular complexity index is 685. The van der Waals surface area contributed by atoms with Gasteiger partial charge >= 0.3 is 10.5 Å². The van der Waals surface area contributed by atoms with Crippen molar-refractivity contribution in [1.29, 1.82) is 0 Å². The molecule has 6 nitrogen and oxygen atoms in total. The fourth-order valence-corrected chi connectivity index (χ4v) is 3.12. The first-order chi connectivity index (χ1) is 8.37. The fourth-order valence-electron chi connectivity index (χ4n) is 2.07. The average Bonchev–Trinajstić information content (AvgIpc) is 2.54. The normalized spacial score (nSPS) is 22.5. The maximum atomic E-state index is 11.2. The van der Waals surface area contributed by atoms with Crippen molar-refractivity contribution in [2.24, 2.45) is 4.36 Å². The van der Waals surface area contributed by atoms with Crippen molar-refractivity contribution in [3.8, 4) is 0 Å². The molecule has 0 aliphatic heterocycles. The lowest BCUT2D eigenvalue weighted by atomic mass is 10.1. The standard InChI is InChI=1S/C10H11NO5S2/c1-18(14,15)16-9-6-7-4-2-3-5-8(7)10(9)11-17(12)13/h2-5,9-10H,6H2,1H3/t9-,10+/m0/s1. The lowest BCUT2D eigenvalue weighted by molar-refractivity contribution is 0.196. The fraction of sp³-hybridized carbons (Fsp3) is 0.400. The summed E-state index contributed by atoms with van der Waals surface area (Å²) in [5, 5.41) is 0. The molecule has 0 saturated heterocycles. The maximum Gasteiger partial charge on any atom is 0.311 e. The highest BCUT2D eigenvalue weighted by Crippen LogP contribution is 2.36. The molecular formula is C10H11NO5S2. The summed E-state index contributed by atoms with van der Waals surface area (Å²) in [6.45, 7) is 0. The van der Waals surface area contributed by atoms with Crippen molar-refractivity contribution in [1.82, 2.24) is 0 Å². The highest BCUT2D eigenvalue weighted by molar-refractivity contribution is 7.86. The smallest absolute Gasteiger partial charge is 0.264 e. The summed E-state index contributed by atoms with van der Waals surface area (Å²) in [6, 6.07) is 6.28. The Balaban J connectivity index is 2.43. The van der Waals surface area contributed by atoms with E-state index in [4.69, 9.17) is 4.18 Å². The highest BCUT2D eigenvalue weighted by Gasteiger charge is 2.35. The van der Waals surface area contributed by atoms with E-state index in [9.17, 15) is 16.8 Å². The molecule has 8 heteroatoms. The van der Waals surface area contributed by atoms with Crippen LogP contribution in [-0.4, -0.2) is 29.2 Å². The van der Waals surface area contributed by atoms with E-state index in [0.717, 1.165) is 11.8 Å². The third kappa shape index (κ3) is 2.95. The second-order valence-electron chi connectivity index (χ2n) is 4.01. The van der Waals surface area contributed by atoms with Crippen molar-refractivity contribution >= 4 is 20.6 Å². The molecule has 1 aliphatic rings. The van der Waals surface area contributed by atoms with Crippen LogP contribution in [0.4, 0.5) is 0 Å². The van der Waals surface area contributed by atoms with Crippen molar-refractivity contribution in [3.63, 3.8) is 0 Å². The van der Waals surface area contributed by atoms with Gasteiger partial charge in [-0.2, -0.15) is 21.2 Å². The molecule has 1 aliphatic carbocycles. The Labute approximate surface area is 106 Å². The molecular weight excluding hydrogens is 278 g/mol. The second-order valence-corrected chi connectivity index (χ2v) is 6.25. The molecule has 0 bridgehead atoms. The number of rotatable bonds is 3. The van der Waals surface area contributed by atoms with Gasteiger partial charge in [-0.05, 0) is 11.1 Å². The van der Waals surface area contributed by atoms with E-state index in [2.05, 4.69) is 4.36 Å². The molecule has 0 aromatic heterocycles. The summed E-state index contributed by atoms with van der Waals surface area (Å²) in [4.78, 5) is 0. The Kier molecular flexibility index (Phi) is 3.51. The van der Waals surface area contributed by atoms with Crippen LogP contribution < -0.4 is 0 Å². The van der Waals surface area contributed by atoms with Crippen LogP contribution in [0.15, 0.2) is 28.6 Å². The van der Waals surface area contributed by atoms with E-state index in [0.29, 0.717) is 12.0 Å². The Morgan fingerprint density at radius 3 is 2.61 bits per heavy atom. The first-order valence-electron chi connectivity index (χ1n) is 5.13. The molecule has 0 amide bonds. The van der Waals surface area contributed by atoms with E-state index in [1.807, 2.05) is 0 Å². The van der Waals surface area contributed by atoms with Gasteiger partial charge in [0.2, 0.25) is 0 Å². The van der Waals surface area contributed by atoms with Crippen molar-refractivity contribution < 1.29 is 21.0 Å². The maximum absolute atomic E-state index is 11.2. The van der Waals surface area contributed by atoms with Gasteiger partial charge in [-0.3, -0.25) is 4.18 Å². The molecule has 2 rings (SSSR count). The average molecular weight is 289 g/mol. The molecule has 1 aromatic rings. The summed E-state index contributed by atoms with van der Waals surface area (Å²) in [6.07, 6.45) is 0.464. The molecule has 0 fully saturated rings. The molecule has 0 N–H and O–H groups in total. The Morgan fingerprint density at radius 2 is 2.00 bits per heavy atom. The van der Waals surface area contributed by atoms with Crippen molar-refractivity contribution in [2.75, 3.05) is 6.26 Å². The van der Waals surface area contributed by atoms with Crippen LogP contribution in [0.5, 0.6) is 0 Å². The first-order valence-corrected chi connectivity index (χ1v) is 7.98. The third-order valence-corrected chi connectivity index (χ3v) is 3.64. The van der Waals surface area contributed by atoms with E-state index in [1.165, 1.54) is 0 Å². The highest BCUT2D eigenvalue weighted by atomic mass is 32.2. The van der Waals surface area contributed by atoms with E-state index < -0.39 is 32.8 Å². The van der Waals surface area contributed by atoms with Crippen LogP contribution in [0.1, 0.15) is 17.2 Å². The molecule has 98 valence electrons. The monoisotopic (exact) mass is 289 g/mol. The summed E-state index contributed by atoms with van der Waals surface area (Å²) in [7, 11) is -6.27. The molecule has 0 spiro atoms. The second kappa shape index (κ2) is 4.79. The molecule has 0 saturated carbocycles. The van der Waals surface area contributed by atoms with Crippen LogP contribution >= 0.6 is 0 Å². The predicted molar refractivity (Wildman–Crippen MR) is 64.0 cm³/mol. The summed E-state index contributed by atoms with van der Waals surface area (Å²) >= 11 is 0. The lowest BCUT2D eigenvalue weighted by Crippen LogP contribution is -2.21. The minimum Gasteiger partial charge on any atom is -0.264 e. The predicted octanol–water partition coefficient (Wildman–Crippen LogP) is 0.691. The van der Waals surface area contributed by atoms with Gasteiger partial charge in [0.25, 0.3) is 10.1 Å². The molecule has 18 heavy (non-hydrogen) atoms. The van der Waals surface area contributed by atoms with E-state index in [1.54, 1.807) is 24.3 Å². The minimum atomic E-state index is -3.65. The summed E-state index contributed by atoms with van der Waals surface area (Å²) < 4.78 is 52.1. The molecule has 1 aromatic carbocycles. The van der Waals surface area contributed by atoms with Gasteiger partial charge in [0.15, 0.2) is 0 Å². The molecule has 2 atom stereocenters. The number of hydrogen-bond acceptors (Lipinski definition) is 6. The quantitative estimate of drug-likeness (QED) is 0.764. The number of nitrogens with zero attached hydrogens (tertiary/aromatic N) is 1. The molecule has 0 radical (unpaired) electrons. The minimum absolute atomic E-state index is 0.328. The van der Waals surface area contributed by atoms with Crippen LogP contribution in [-0.2, 0) is 31.2 Å². The van der Waals surface area contributed by atoms with Gasteiger partial charge in [0.05, 0.1) is 6.26 Å². The van der Waals surface area contributed by atoms with Gasteiger partial charge in [-0.1, -0.05) is 24.3 Å². The third-order valence-electron chi connectivity index (χ3n) is 2.65. The molecule has 0 unspecified atom stereocenters. The van der Waals surface area contributed by atoms with Gasteiger partial charge < -0.3 is 0 Å². The van der Waals surface area contributed by atoms with Crippen LogP contribution in [0.25, 0.3) is 0 Å².